The van der Waals surface area contributed by atoms with E-state index in [4.69, 9.17) is 15.7 Å². The molecule has 0 saturated heterocycles. The zero-order valence-corrected chi connectivity index (χ0v) is 9.81. The quantitative estimate of drug-likeness (QED) is 0.836. The number of phenols is 1. The number of aromatic hydroxyl groups is 1. The number of phenolic OH excluding ortho intramolecular Hbond substituents is 1. The molecule has 0 spiro atoms. The van der Waals surface area contributed by atoms with Crippen molar-refractivity contribution in [3.8, 4) is 17.6 Å². The van der Waals surface area contributed by atoms with Crippen LogP contribution in [0.1, 0.15) is 36.4 Å². The fourth-order valence-electron chi connectivity index (χ4n) is 2.22. The van der Waals surface area contributed by atoms with Crippen LogP contribution < -0.4 is 10.5 Å². The topological polar surface area (TPSA) is 79.3 Å². The van der Waals surface area contributed by atoms with Crippen molar-refractivity contribution in [1.82, 2.24) is 0 Å². The second-order valence-electron chi connectivity index (χ2n) is 4.41. The van der Waals surface area contributed by atoms with Gasteiger partial charge in [-0.25, -0.2) is 0 Å². The highest BCUT2D eigenvalue weighted by Crippen LogP contribution is 2.43. The largest absolute Gasteiger partial charge is 0.504 e. The van der Waals surface area contributed by atoms with Crippen LogP contribution in [0.2, 0.25) is 0 Å². The zero-order valence-electron chi connectivity index (χ0n) is 9.81. The van der Waals surface area contributed by atoms with E-state index in [1.165, 1.54) is 13.5 Å². The Kier molecular flexibility index (Phi) is 3.21. The first kappa shape index (κ1) is 11.7. The zero-order chi connectivity index (χ0) is 12.4. The number of methoxy groups -OCH3 is 1. The minimum absolute atomic E-state index is 0.00551. The molecule has 1 aliphatic carbocycles. The van der Waals surface area contributed by atoms with Crippen LogP contribution >= 0.6 is 0 Å². The molecule has 0 unspecified atom stereocenters. The van der Waals surface area contributed by atoms with Crippen LogP contribution in [0.15, 0.2) is 12.1 Å². The lowest BCUT2D eigenvalue weighted by Gasteiger charge is -2.32. The molecule has 0 radical (unpaired) electrons. The Morgan fingerprint density at radius 3 is 2.71 bits per heavy atom. The molecule has 2 rings (SSSR count). The molecule has 1 fully saturated rings. The van der Waals surface area contributed by atoms with Crippen molar-refractivity contribution < 1.29 is 9.84 Å². The first-order chi connectivity index (χ1) is 8.19. The predicted molar refractivity (Wildman–Crippen MR) is 63.6 cm³/mol. The van der Waals surface area contributed by atoms with Gasteiger partial charge >= 0.3 is 0 Å². The minimum Gasteiger partial charge on any atom is -0.504 e. The van der Waals surface area contributed by atoms with E-state index in [1.807, 2.05) is 0 Å². The van der Waals surface area contributed by atoms with E-state index in [0.29, 0.717) is 22.8 Å². The van der Waals surface area contributed by atoms with E-state index in [1.54, 1.807) is 12.1 Å². The summed E-state index contributed by atoms with van der Waals surface area (Å²) in [6.07, 6.45) is 3.29. The second kappa shape index (κ2) is 4.64. The molecule has 0 aromatic heterocycles. The molecule has 3 N–H and O–H groups in total. The van der Waals surface area contributed by atoms with Gasteiger partial charge in [-0.3, -0.25) is 0 Å². The monoisotopic (exact) mass is 232 g/mol. The molecular formula is C13H16N2O2. The van der Waals surface area contributed by atoms with Crippen LogP contribution in [0.5, 0.6) is 11.5 Å². The summed E-state index contributed by atoms with van der Waals surface area (Å²) in [7, 11) is 1.49. The Morgan fingerprint density at radius 2 is 2.24 bits per heavy atom. The lowest BCUT2D eigenvalue weighted by molar-refractivity contribution is 0.258. The maximum atomic E-state index is 10.1. The van der Waals surface area contributed by atoms with Crippen LogP contribution in [0.4, 0.5) is 0 Å². The van der Waals surface area contributed by atoms with E-state index in [9.17, 15) is 5.11 Å². The first-order valence-electron chi connectivity index (χ1n) is 5.74. The number of nitriles is 1. The highest BCUT2D eigenvalue weighted by atomic mass is 16.5. The van der Waals surface area contributed by atoms with Crippen molar-refractivity contribution in [3.05, 3.63) is 23.3 Å². The third-order valence-corrected chi connectivity index (χ3v) is 3.51. The lowest BCUT2D eigenvalue weighted by atomic mass is 9.76. The average Bonchev–Trinajstić information content (AvgIpc) is 2.25. The molecule has 0 bridgehead atoms. The van der Waals surface area contributed by atoms with Crippen molar-refractivity contribution in [2.45, 2.75) is 25.3 Å². The molecule has 1 atom stereocenters. The van der Waals surface area contributed by atoms with Gasteiger partial charge in [0.15, 0.2) is 11.5 Å². The molecule has 0 heterocycles. The Hall–Kier alpha value is -1.73. The van der Waals surface area contributed by atoms with Gasteiger partial charge in [-0.2, -0.15) is 5.26 Å². The van der Waals surface area contributed by atoms with Gasteiger partial charge in [0, 0.05) is 11.6 Å². The minimum atomic E-state index is -0.284. The fourth-order valence-corrected chi connectivity index (χ4v) is 2.22. The van der Waals surface area contributed by atoms with Gasteiger partial charge < -0.3 is 15.6 Å². The molecule has 4 heteroatoms. The van der Waals surface area contributed by atoms with Gasteiger partial charge in [-0.15, -0.1) is 0 Å². The van der Waals surface area contributed by atoms with Crippen molar-refractivity contribution >= 4 is 0 Å². The SMILES string of the molecule is COc1ccc(C#N)c([C@@H](N)C2CCC2)c1O. The van der Waals surface area contributed by atoms with Gasteiger partial charge in [0.1, 0.15) is 0 Å². The summed E-state index contributed by atoms with van der Waals surface area (Å²) >= 11 is 0. The van der Waals surface area contributed by atoms with E-state index in [-0.39, 0.29) is 11.8 Å². The van der Waals surface area contributed by atoms with Crippen LogP contribution in [0, 0.1) is 17.2 Å². The lowest BCUT2D eigenvalue weighted by Crippen LogP contribution is -2.27. The van der Waals surface area contributed by atoms with E-state index in [0.717, 1.165) is 12.8 Å². The Bertz CT molecular complexity index is 461. The molecular weight excluding hydrogens is 216 g/mol. The number of rotatable bonds is 3. The molecule has 1 aliphatic rings. The van der Waals surface area contributed by atoms with Crippen LogP contribution in [0.25, 0.3) is 0 Å². The van der Waals surface area contributed by atoms with Crippen LogP contribution in [-0.2, 0) is 0 Å². The maximum absolute atomic E-state index is 10.1. The van der Waals surface area contributed by atoms with E-state index < -0.39 is 0 Å². The summed E-state index contributed by atoms with van der Waals surface area (Å²) < 4.78 is 5.05. The van der Waals surface area contributed by atoms with Crippen molar-refractivity contribution in [2.24, 2.45) is 11.7 Å². The highest BCUT2D eigenvalue weighted by molar-refractivity contribution is 5.55. The van der Waals surface area contributed by atoms with Crippen molar-refractivity contribution in [1.29, 1.82) is 5.26 Å². The maximum Gasteiger partial charge on any atom is 0.163 e. The fraction of sp³-hybridized carbons (Fsp3) is 0.462. The highest BCUT2D eigenvalue weighted by Gasteiger charge is 2.30. The number of benzene rings is 1. The van der Waals surface area contributed by atoms with Gasteiger partial charge in [0.25, 0.3) is 0 Å². The Labute approximate surface area is 101 Å². The number of ether oxygens (including phenoxy) is 1. The molecule has 4 nitrogen and oxygen atoms in total. The summed E-state index contributed by atoms with van der Waals surface area (Å²) in [5.74, 6) is 0.736. The number of nitrogens with zero attached hydrogens (tertiary/aromatic N) is 1. The smallest absolute Gasteiger partial charge is 0.163 e. The number of hydrogen-bond acceptors (Lipinski definition) is 4. The summed E-state index contributed by atoms with van der Waals surface area (Å²) in [4.78, 5) is 0. The Balaban J connectivity index is 2.45. The normalized spacial score (nSPS) is 17.0. The van der Waals surface area contributed by atoms with Gasteiger partial charge in [0.05, 0.1) is 18.7 Å². The molecule has 0 amide bonds. The van der Waals surface area contributed by atoms with Crippen molar-refractivity contribution in [3.63, 3.8) is 0 Å². The van der Waals surface area contributed by atoms with Gasteiger partial charge in [-0.1, -0.05) is 6.42 Å². The predicted octanol–water partition coefficient (Wildman–Crippen LogP) is 2.07. The summed E-state index contributed by atoms with van der Waals surface area (Å²) in [5.41, 5.74) is 7.09. The molecule has 90 valence electrons. The number of hydrogen-bond donors (Lipinski definition) is 2. The molecule has 1 saturated carbocycles. The van der Waals surface area contributed by atoms with E-state index >= 15 is 0 Å². The molecule has 1 aromatic carbocycles. The average molecular weight is 232 g/mol. The summed E-state index contributed by atoms with van der Waals surface area (Å²) in [5, 5.41) is 19.2. The van der Waals surface area contributed by atoms with Crippen molar-refractivity contribution in [2.75, 3.05) is 7.11 Å². The van der Waals surface area contributed by atoms with Crippen LogP contribution in [0.3, 0.4) is 0 Å². The first-order valence-corrected chi connectivity index (χ1v) is 5.74. The molecule has 0 aliphatic heterocycles. The van der Waals surface area contributed by atoms with Gasteiger partial charge in [0.2, 0.25) is 0 Å². The summed E-state index contributed by atoms with van der Waals surface area (Å²) in [6, 6.07) is 5.03. The van der Waals surface area contributed by atoms with E-state index in [2.05, 4.69) is 6.07 Å². The second-order valence-corrected chi connectivity index (χ2v) is 4.41. The number of nitrogens with two attached hydrogens (primary N) is 1. The Morgan fingerprint density at radius 1 is 1.53 bits per heavy atom. The third kappa shape index (κ3) is 1.94. The molecule has 17 heavy (non-hydrogen) atoms. The summed E-state index contributed by atoms with van der Waals surface area (Å²) in [6.45, 7) is 0. The van der Waals surface area contributed by atoms with Crippen LogP contribution in [-0.4, -0.2) is 12.2 Å². The third-order valence-electron chi connectivity index (χ3n) is 3.51. The van der Waals surface area contributed by atoms with Gasteiger partial charge in [-0.05, 0) is 30.9 Å². The molecule has 1 aromatic rings. The standard InChI is InChI=1S/C13H16N2O2/c1-17-10-6-5-9(7-14)11(13(10)16)12(15)8-3-2-4-8/h5-6,8,12,16H,2-4,15H2,1H3/t12-/m0/s1.